The van der Waals surface area contributed by atoms with E-state index in [1.54, 1.807) is 29.5 Å². The van der Waals surface area contributed by atoms with Crippen molar-refractivity contribution in [3.8, 4) is 0 Å². The van der Waals surface area contributed by atoms with E-state index in [1.807, 2.05) is 0 Å². The van der Waals surface area contributed by atoms with Gasteiger partial charge in [0.1, 0.15) is 8.04 Å². The molecule has 2 nitrogen and oxygen atoms in total. The number of carbonyl (C=O) groups is 1. The molecule has 0 saturated carbocycles. The number of rotatable bonds is 4. The number of alkyl halides is 5. The first-order chi connectivity index (χ1) is 5.80. The fourth-order valence-corrected chi connectivity index (χ4v) is 1.77. The molecule has 0 heterocycles. The summed E-state index contributed by atoms with van der Waals surface area (Å²) in [5.74, 6) is -1.75. The summed E-state index contributed by atoms with van der Waals surface area (Å²) < 4.78 is 38.6. The minimum Gasteiger partial charge on any atom is -0.367 e. The van der Waals surface area contributed by atoms with Gasteiger partial charge < -0.3 is 4.74 Å². The van der Waals surface area contributed by atoms with Gasteiger partial charge in [0, 0.05) is 6.61 Å². The van der Waals surface area contributed by atoms with Crippen molar-refractivity contribution in [2.24, 2.45) is 0 Å². The van der Waals surface area contributed by atoms with Gasteiger partial charge in [-0.25, -0.2) is 0 Å². The van der Waals surface area contributed by atoms with Crippen molar-refractivity contribution >= 4 is 51.0 Å². The lowest BCUT2D eigenvalue weighted by Crippen LogP contribution is -2.36. The molecule has 0 aromatic rings. The molecule has 2 unspecified atom stereocenters. The second-order valence-corrected chi connectivity index (χ2v) is 4.64. The third kappa shape index (κ3) is 4.77. The van der Waals surface area contributed by atoms with E-state index >= 15 is 0 Å². The molecule has 0 aromatic carbocycles. The molecule has 78 valence electrons. The minimum atomic E-state index is -4.77. The number of hydrogen-bond acceptors (Lipinski definition) is 2. The second kappa shape index (κ2) is 5.69. The van der Waals surface area contributed by atoms with Crippen LogP contribution in [0.5, 0.6) is 0 Å². The van der Waals surface area contributed by atoms with Crippen molar-refractivity contribution in [2.75, 3.05) is 6.61 Å². The maximum Gasteiger partial charge on any atom is 0.451 e. The van der Waals surface area contributed by atoms with Crippen LogP contribution in [0.4, 0.5) is 13.2 Å². The zero-order chi connectivity index (χ0) is 10.6. The quantitative estimate of drug-likeness (QED) is 0.515. The first-order valence-electron chi connectivity index (χ1n) is 3.31. The summed E-state index contributed by atoms with van der Waals surface area (Å²) in [5, 5.41) is 0. The summed E-state index contributed by atoms with van der Waals surface area (Å²) in [6.45, 7) is 1.95. The smallest absolute Gasteiger partial charge is 0.367 e. The summed E-state index contributed by atoms with van der Waals surface area (Å²) in [7, 11) is 0. The maximum absolute atomic E-state index is 11.9. The molecule has 0 N–H and O–H groups in total. The van der Waals surface area contributed by atoms with Gasteiger partial charge in [-0.3, -0.25) is 4.79 Å². The predicted molar refractivity (Wildman–Crippen MR) is 58.3 cm³/mol. The molecule has 0 spiro atoms. The summed E-state index contributed by atoms with van der Waals surface area (Å²) in [4.78, 5) is 10.7. The second-order valence-electron chi connectivity index (χ2n) is 2.07. The first kappa shape index (κ1) is 13.9. The molecule has 0 fully saturated rings. The fraction of sp³-hybridized carbons (Fsp3) is 0.833. The molecule has 0 aromatic heterocycles. The lowest BCUT2D eigenvalue weighted by Gasteiger charge is -2.16. The van der Waals surface area contributed by atoms with Gasteiger partial charge in [-0.1, -0.05) is 22.6 Å². The number of hydrogen-bond donors (Lipinski definition) is 0. The zero-order valence-electron chi connectivity index (χ0n) is 6.57. The topological polar surface area (TPSA) is 26.3 Å². The van der Waals surface area contributed by atoms with Crippen LogP contribution in [0.25, 0.3) is 0 Å². The van der Waals surface area contributed by atoms with E-state index in [0.717, 1.165) is 0 Å². The Balaban J connectivity index is 4.26. The van der Waals surface area contributed by atoms with Crippen LogP contribution < -0.4 is 0 Å². The molecular weight excluding hydrogens is 415 g/mol. The molecule has 0 aliphatic carbocycles. The van der Waals surface area contributed by atoms with Gasteiger partial charge >= 0.3 is 6.18 Å². The lowest BCUT2D eigenvalue weighted by molar-refractivity contribution is -0.171. The Morgan fingerprint density at radius 3 is 2.23 bits per heavy atom. The van der Waals surface area contributed by atoms with Crippen molar-refractivity contribution in [2.45, 2.75) is 21.1 Å². The Kier molecular flexibility index (Phi) is 6.07. The van der Waals surface area contributed by atoms with Crippen LogP contribution in [-0.4, -0.2) is 26.6 Å². The van der Waals surface area contributed by atoms with Crippen LogP contribution in [0, 0.1) is 0 Å². The van der Waals surface area contributed by atoms with Crippen molar-refractivity contribution in [1.29, 1.82) is 0 Å². The highest BCUT2D eigenvalue weighted by Gasteiger charge is 2.44. The van der Waals surface area contributed by atoms with Crippen LogP contribution >= 0.6 is 45.2 Å². The monoisotopic (exact) mass is 422 g/mol. The number of halogens is 5. The summed E-state index contributed by atoms with van der Waals surface area (Å²) in [6.07, 6.45) is -4.77. The highest BCUT2D eigenvalue weighted by Crippen LogP contribution is 2.27. The summed E-state index contributed by atoms with van der Waals surface area (Å²) in [5.41, 5.74) is 0. The molecule has 7 heteroatoms. The average molecular weight is 422 g/mol. The number of Topliss-reactive ketones (excluding diaryl/α,β-unsaturated/α-hetero) is 1. The van der Waals surface area contributed by atoms with Crippen molar-refractivity contribution in [3.05, 3.63) is 0 Å². The summed E-state index contributed by atoms with van der Waals surface area (Å²) >= 11 is 3.11. The minimum absolute atomic E-state index is 0.290. The summed E-state index contributed by atoms with van der Waals surface area (Å²) in [6, 6.07) is 0. The molecular formula is C6H7F3I2O2. The molecule has 0 saturated heterocycles. The van der Waals surface area contributed by atoms with Crippen molar-refractivity contribution < 1.29 is 22.7 Å². The molecule has 0 bridgehead atoms. The molecule has 0 rings (SSSR count). The van der Waals surface area contributed by atoms with Crippen LogP contribution in [-0.2, 0) is 9.53 Å². The Hall–Kier alpha value is 0.880. The van der Waals surface area contributed by atoms with Crippen molar-refractivity contribution in [3.63, 3.8) is 0 Å². The van der Waals surface area contributed by atoms with Gasteiger partial charge in [-0.05, 0) is 29.5 Å². The number of carbonyl (C=O) groups excluding carboxylic acids is 1. The van der Waals surface area contributed by atoms with E-state index in [-0.39, 0.29) is 6.61 Å². The van der Waals surface area contributed by atoms with E-state index in [0.29, 0.717) is 0 Å². The molecule has 2 atom stereocenters. The molecule has 0 amide bonds. The fourth-order valence-electron chi connectivity index (χ4n) is 0.519. The lowest BCUT2D eigenvalue weighted by atomic mass is 10.3. The van der Waals surface area contributed by atoms with E-state index in [4.69, 9.17) is 4.74 Å². The van der Waals surface area contributed by atoms with E-state index in [1.165, 1.54) is 22.6 Å². The van der Waals surface area contributed by atoms with Gasteiger partial charge in [0.05, 0.1) is 0 Å². The largest absolute Gasteiger partial charge is 0.451 e. The van der Waals surface area contributed by atoms with E-state index < -0.39 is 20.0 Å². The Morgan fingerprint density at radius 1 is 1.46 bits per heavy atom. The molecule has 0 aliphatic rings. The normalized spacial score (nSPS) is 16.8. The van der Waals surface area contributed by atoms with E-state index in [9.17, 15) is 18.0 Å². The third-order valence-corrected chi connectivity index (χ3v) is 4.76. The zero-order valence-corrected chi connectivity index (χ0v) is 10.9. The van der Waals surface area contributed by atoms with Gasteiger partial charge in [-0.15, -0.1) is 0 Å². The Morgan fingerprint density at radius 2 is 1.92 bits per heavy atom. The standard InChI is InChI=1S/C6H7F3I2O2/c1-2-13-5(11)3(10)4(12)6(7,8)9/h3,5H,2H2,1H3. The average Bonchev–Trinajstić information content (AvgIpc) is 2.00. The van der Waals surface area contributed by atoms with Gasteiger partial charge in [0.15, 0.2) is 0 Å². The first-order valence-corrected chi connectivity index (χ1v) is 5.80. The molecule has 0 aliphatic heterocycles. The van der Waals surface area contributed by atoms with Crippen LogP contribution in [0.3, 0.4) is 0 Å². The van der Waals surface area contributed by atoms with Crippen LogP contribution in [0.2, 0.25) is 0 Å². The van der Waals surface area contributed by atoms with Gasteiger partial charge in [-0.2, -0.15) is 13.2 Å². The Labute approximate surface area is 101 Å². The highest BCUT2D eigenvalue weighted by atomic mass is 127. The molecule has 13 heavy (non-hydrogen) atoms. The Bertz CT molecular complexity index is 183. The maximum atomic E-state index is 11.9. The number of ether oxygens (including phenoxy) is 1. The SMILES string of the molecule is CCOC(I)C(I)C(=O)C(F)(F)F. The third-order valence-electron chi connectivity index (χ3n) is 1.09. The highest BCUT2D eigenvalue weighted by molar-refractivity contribution is 14.1. The van der Waals surface area contributed by atoms with E-state index in [2.05, 4.69) is 0 Å². The van der Waals surface area contributed by atoms with Gasteiger partial charge in [0.25, 0.3) is 5.78 Å². The van der Waals surface area contributed by atoms with Crippen LogP contribution in [0.15, 0.2) is 0 Å². The van der Waals surface area contributed by atoms with Gasteiger partial charge in [0.2, 0.25) is 0 Å². The predicted octanol–water partition coefficient (Wildman–Crippen LogP) is 2.72. The number of ketones is 1. The molecule has 0 radical (unpaired) electrons. The van der Waals surface area contributed by atoms with Crippen LogP contribution in [0.1, 0.15) is 6.92 Å². The van der Waals surface area contributed by atoms with Crippen molar-refractivity contribution in [1.82, 2.24) is 0 Å².